The molecule has 0 saturated heterocycles. The molecule has 0 fully saturated rings. The standard InChI is InChI=1S/C8H11NO2/c9-8(11)7-4-2-1-3-6(7)5-10/h1-2,5-7H,3-4H2,(H2,9,11). The third-order valence-electron chi connectivity index (χ3n) is 2.02. The summed E-state index contributed by atoms with van der Waals surface area (Å²) >= 11 is 0. The lowest BCUT2D eigenvalue weighted by Crippen LogP contribution is -2.31. The zero-order valence-electron chi connectivity index (χ0n) is 6.19. The molecular weight excluding hydrogens is 142 g/mol. The molecule has 0 spiro atoms. The highest BCUT2D eigenvalue weighted by atomic mass is 16.1. The molecule has 1 rings (SSSR count). The van der Waals surface area contributed by atoms with Gasteiger partial charge in [-0.05, 0) is 12.8 Å². The van der Waals surface area contributed by atoms with Crippen LogP contribution in [0.15, 0.2) is 12.2 Å². The fourth-order valence-electron chi connectivity index (χ4n) is 1.31. The summed E-state index contributed by atoms with van der Waals surface area (Å²) in [6, 6.07) is 0. The van der Waals surface area contributed by atoms with E-state index in [1.54, 1.807) is 0 Å². The number of aldehydes is 1. The van der Waals surface area contributed by atoms with Crippen LogP contribution in [0.25, 0.3) is 0 Å². The Morgan fingerprint density at radius 2 is 2.09 bits per heavy atom. The van der Waals surface area contributed by atoms with Crippen LogP contribution in [0.4, 0.5) is 0 Å². The van der Waals surface area contributed by atoms with Crippen molar-refractivity contribution in [3.8, 4) is 0 Å². The van der Waals surface area contributed by atoms with Gasteiger partial charge in [0.2, 0.25) is 5.91 Å². The Labute approximate surface area is 65.3 Å². The summed E-state index contributed by atoms with van der Waals surface area (Å²) in [6.45, 7) is 0. The minimum Gasteiger partial charge on any atom is -0.369 e. The molecule has 0 aliphatic heterocycles. The number of primary amides is 1. The van der Waals surface area contributed by atoms with E-state index >= 15 is 0 Å². The van der Waals surface area contributed by atoms with E-state index in [1.165, 1.54) is 0 Å². The van der Waals surface area contributed by atoms with Gasteiger partial charge in [0.15, 0.2) is 0 Å². The minimum absolute atomic E-state index is 0.197. The molecule has 0 aromatic carbocycles. The zero-order valence-corrected chi connectivity index (χ0v) is 6.19. The third kappa shape index (κ3) is 1.67. The minimum atomic E-state index is -0.369. The number of hydrogen-bond donors (Lipinski definition) is 1. The SMILES string of the molecule is NC(=O)C1CC=CCC1C=O. The first-order valence-corrected chi connectivity index (χ1v) is 3.65. The molecule has 0 aromatic rings. The van der Waals surface area contributed by atoms with Gasteiger partial charge in [0, 0.05) is 5.92 Å². The van der Waals surface area contributed by atoms with E-state index in [-0.39, 0.29) is 17.7 Å². The first-order chi connectivity index (χ1) is 5.25. The van der Waals surface area contributed by atoms with Crippen LogP contribution in [0.5, 0.6) is 0 Å². The number of hydrogen-bond acceptors (Lipinski definition) is 2. The topological polar surface area (TPSA) is 60.2 Å². The van der Waals surface area contributed by atoms with Gasteiger partial charge in [-0.1, -0.05) is 12.2 Å². The van der Waals surface area contributed by atoms with Crippen LogP contribution in [0, 0.1) is 11.8 Å². The summed E-state index contributed by atoms with van der Waals surface area (Å²) in [4.78, 5) is 21.2. The Hall–Kier alpha value is -1.12. The molecule has 0 saturated carbocycles. The fraction of sp³-hybridized carbons (Fsp3) is 0.500. The highest BCUT2D eigenvalue weighted by Crippen LogP contribution is 2.22. The van der Waals surface area contributed by atoms with Crippen molar-refractivity contribution in [2.45, 2.75) is 12.8 Å². The van der Waals surface area contributed by atoms with E-state index in [4.69, 9.17) is 5.73 Å². The van der Waals surface area contributed by atoms with Crippen molar-refractivity contribution >= 4 is 12.2 Å². The van der Waals surface area contributed by atoms with Crippen LogP contribution in [0.2, 0.25) is 0 Å². The van der Waals surface area contributed by atoms with Crippen molar-refractivity contribution in [2.75, 3.05) is 0 Å². The average molecular weight is 153 g/mol. The molecule has 1 aliphatic carbocycles. The molecule has 3 heteroatoms. The highest BCUT2D eigenvalue weighted by Gasteiger charge is 2.26. The second-order valence-corrected chi connectivity index (χ2v) is 2.75. The molecule has 0 aromatic heterocycles. The van der Waals surface area contributed by atoms with Crippen molar-refractivity contribution in [1.82, 2.24) is 0 Å². The van der Waals surface area contributed by atoms with Crippen LogP contribution in [-0.4, -0.2) is 12.2 Å². The van der Waals surface area contributed by atoms with Crippen molar-refractivity contribution in [3.05, 3.63) is 12.2 Å². The molecule has 0 bridgehead atoms. The summed E-state index contributed by atoms with van der Waals surface area (Å²) in [5, 5.41) is 0. The van der Waals surface area contributed by atoms with E-state index in [9.17, 15) is 9.59 Å². The second kappa shape index (κ2) is 3.32. The Bertz CT molecular complexity index is 198. The summed E-state index contributed by atoms with van der Waals surface area (Å²) in [5.74, 6) is -0.846. The maximum absolute atomic E-state index is 10.8. The molecular formula is C8H11NO2. The lowest BCUT2D eigenvalue weighted by atomic mass is 9.84. The van der Waals surface area contributed by atoms with Gasteiger partial charge in [0.05, 0.1) is 5.92 Å². The normalized spacial score (nSPS) is 29.8. The van der Waals surface area contributed by atoms with Gasteiger partial charge < -0.3 is 10.5 Å². The van der Waals surface area contributed by atoms with Crippen LogP contribution >= 0.6 is 0 Å². The molecule has 1 aliphatic rings. The van der Waals surface area contributed by atoms with Crippen molar-refractivity contribution < 1.29 is 9.59 Å². The molecule has 2 N–H and O–H groups in total. The van der Waals surface area contributed by atoms with Crippen molar-refractivity contribution in [2.24, 2.45) is 17.6 Å². The lowest BCUT2D eigenvalue weighted by molar-refractivity contribution is -0.127. The fourth-order valence-corrected chi connectivity index (χ4v) is 1.31. The predicted molar refractivity (Wildman–Crippen MR) is 40.6 cm³/mol. The number of allylic oxidation sites excluding steroid dienone is 2. The Morgan fingerprint density at radius 3 is 2.55 bits per heavy atom. The third-order valence-corrected chi connectivity index (χ3v) is 2.02. The highest BCUT2D eigenvalue weighted by molar-refractivity contribution is 5.80. The quantitative estimate of drug-likeness (QED) is 0.456. The van der Waals surface area contributed by atoms with E-state index in [0.717, 1.165) is 6.29 Å². The summed E-state index contributed by atoms with van der Waals surface area (Å²) in [6.07, 6.45) is 5.89. The monoisotopic (exact) mass is 153 g/mol. The average Bonchev–Trinajstić information content (AvgIpc) is 2.04. The molecule has 0 radical (unpaired) electrons. The first kappa shape index (κ1) is 7.98. The number of carbonyl (C=O) groups excluding carboxylic acids is 2. The van der Waals surface area contributed by atoms with E-state index in [2.05, 4.69) is 0 Å². The van der Waals surface area contributed by atoms with Gasteiger partial charge in [-0.25, -0.2) is 0 Å². The van der Waals surface area contributed by atoms with E-state index in [0.29, 0.717) is 12.8 Å². The zero-order chi connectivity index (χ0) is 8.27. The number of nitrogens with two attached hydrogens (primary N) is 1. The maximum atomic E-state index is 10.8. The Balaban J connectivity index is 2.68. The lowest BCUT2D eigenvalue weighted by Gasteiger charge is -2.20. The maximum Gasteiger partial charge on any atom is 0.221 e. The van der Waals surface area contributed by atoms with Crippen LogP contribution in [0.3, 0.4) is 0 Å². The van der Waals surface area contributed by atoms with Crippen LogP contribution in [0.1, 0.15) is 12.8 Å². The smallest absolute Gasteiger partial charge is 0.221 e. The van der Waals surface area contributed by atoms with E-state index in [1.807, 2.05) is 12.2 Å². The predicted octanol–water partition coefficient (Wildman–Crippen LogP) is 0.253. The van der Waals surface area contributed by atoms with Gasteiger partial charge >= 0.3 is 0 Å². The van der Waals surface area contributed by atoms with Crippen molar-refractivity contribution in [3.63, 3.8) is 0 Å². The summed E-state index contributed by atoms with van der Waals surface area (Å²) in [5.41, 5.74) is 5.10. The second-order valence-electron chi connectivity index (χ2n) is 2.75. The molecule has 0 heterocycles. The summed E-state index contributed by atoms with van der Waals surface area (Å²) < 4.78 is 0. The van der Waals surface area contributed by atoms with Gasteiger partial charge in [0.1, 0.15) is 6.29 Å². The van der Waals surface area contributed by atoms with Gasteiger partial charge in [-0.15, -0.1) is 0 Å². The number of carbonyl (C=O) groups is 2. The molecule has 2 unspecified atom stereocenters. The molecule has 11 heavy (non-hydrogen) atoms. The molecule has 2 atom stereocenters. The number of rotatable bonds is 2. The molecule has 3 nitrogen and oxygen atoms in total. The van der Waals surface area contributed by atoms with Gasteiger partial charge in [-0.2, -0.15) is 0 Å². The first-order valence-electron chi connectivity index (χ1n) is 3.65. The largest absolute Gasteiger partial charge is 0.369 e. The Morgan fingerprint density at radius 1 is 1.45 bits per heavy atom. The van der Waals surface area contributed by atoms with E-state index < -0.39 is 0 Å². The van der Waals surface area contributed by atoms with Gasteiger partial charge in [-0.3, -0.25) is 4.79 Å². The Kier molecular flexibility index (Phi) is 2.41. The van der Waals surface area contributed by atoms with Gasteiger partial charge in [0.25, 0.3) is 0 Å². The summed E-state index contributed by atoms with van der Waals surface area (Å²) in [7, 11) is 0. The molecule has 60 valence electrons. The van der Waals surface area contributed by atoms with Crippen LogP contribution in [-0.2, 0) is 9.59 Å². The van der Waals surface area contributed by atoms with Crippen LogP contribution < -0.4 is 5.73 Å². The van der Waals surface area contributed by atoms with Crippen molar-refractivity contribution in [1.29, 1.82) is 0 Å². The molecule has 1 amide bonds. The number of amides is 1.